The Hall–Kier alpha value is -3.01. The van der Waals surface area contributed by atoms with Gasteiger partial charge in [-0.1, -0.05) is 6.07 Å². The van der Waals surface area contributed by atoms with E-state index in [2.05, 4.69) is 27.7 Å². The van der Waals surface area contributed by atoms with Gasteiger partial charge in [-0.05, 0) is 53.1 Å². The van der Waals surface area contributed by atoms with Gasteiger partial charge in [-0.25, -0.2) is 9.59 Å². The van der Waals surface area contributed by atoms with Crippen LogP contribution in [-0.4, -0.2) is 50.1 Å². The molecule has 0 radical (unpaired) electrons. The molecule has 2 aromatic heterocycles. The summed E-state index contributed by atoms with van der Waals surface area (Å²) in [6.45, 7) is 0.937. The van der Waals surface area contributed by atoms with Crippen molar-refractivity contribution in [2.45, 2.75) is 12.5 Å². The molecule has 1 unspecified atom stereocenters. The lowest BCUT2D eigenvalue weighted by molar-refractivity contribution is -0.117. The Morgan fingerprint density at radius 3 is 2.38 bits per heavy atom. The molecule has 32 heavy (non-hydrogen) atoms. The molecule has 0 saturated heterocycles. The SMILES string of the molecule is COC(=O)c1cc(NC(=O)CN2CCc3sccc3C2c2cccs2)cc(C(=O)OC)c1. The number of fused-ring (bicyclic) bond motifs is 1. The van der Waals surface area contributed by atoms with Gasteiger partial charge in [0.25, 0.3) is 0 Å². The third kappa shape index (κ3) is 4.59. The van der Waals surface area contributed by atoms with Crippen LogP contribution in [-0.2, 0) is 20.7 Å². The molecule has 1 N–H and O–H groups in total. The highest BCUT2D eigenvalue weighted by molar-refractivity contribution is 7.10. The smallest absolute Gasteiger partial charge is 0.337 e. The van der Waals surface area contributed by atoms with Crippen molar-refractivity contribution in [3.8, 4) is 0 Å². The fourth-order valence-electron chi connectivity index (χ4n) is 3.87. The molecule has 0 saturated carbocycles. The van der Waals surface area contributed by atoms with Crippen molar-refractivity contribution in [2.24, 2.45) is 0 Å². The van der Waals surface area contributed by atoms with Crippen LogP contribution in [0.2, 0.25) is 0 Å². The number of thiophene rings is 2. The highest BCUT2D eigenvalue weighted by atomic mass is 32.1. The van der Waals surface area contributed by atoms with Crippen LogP contribution in [0, 0.1) is 0 Å². The molecule has 1 atom stereocenters. The first-order valence-electron chi connectivity index (χ1n) is 9.95. The summed E-state index contributed by atoms with van der Waals surface area (Å²) in [6.07, 6.45) is 0.895. The third-order valence-electron chi connectivity index (χ3n) is 5.28. The summed E-state index contributed by atoms with van der Waals surface area (Å²) in [5.41, 5.74) is 1.89. The molecule has 0 spiro atoms. The number of hydrogen-bond acceptors (Lipinski definition) is 8. The van der Waals surface area contributed by atoms with E-state index < -0.39 is 11.9 Å². The van der Waals surface area contributed by atoms with Crippen LogP contribution >= 0.6 is 22.7 Å². The number of anilines is 1. The van der Waals surface area contributed by atoms with E-state index in [1.807, 2.05) is 11.4 Å². The number of benzene rings is 1. The standard InChI is InChI=1S/C23H22N2O5S2/c1-29-22(27)14-10-15(23(28)30-2)12-16(11-14)24-20(26)13-25-7-5-18-17(6-9-32-18)21(25)19-4-3-8-31-19/h3-4,6,8-12,21H,5,7,13H2,1-2H3,(H,24,26). The molecule has 1 aliphatic heterocycles. The van der Waals surface area contributed by atoms with Gasteiger partial charge in [0, 0.05) is 22.0 Å². The molecule has 3 heterocycles. The number of nitrogens with one attached hydrogen (secondary N) is 1. The van der Waals surface area contributed by atoms with Crippen LogP contribution in [0.1, 0.15) is 42.1 Å². The van der Waals surface area contributed by atoms with Crippen molar-refractivity contribution in [1.82, 2.24) is 4.90 Å². The molecule has 1 aliphatic rings. The van der Waals surface area contributed by atoms with Gasteiger partial charge < -0.3 is 14.8 Å². The van der Waals surface area contributed by atoms with Gasteiger partial charge in [0.2, 0.25) is 5.91 Å². The van der Waals surface area contributed by atoms with E-state index in [9.17, 15) is 14.4 Å². The Bertz CT molecular complexity index is 1100. The van der Waals surface area contributed by atoms with Crippen molar-refractivity contribution >= 4 is 46.2 Å². The zero-order valence-electron chi connectivity index (χ0n) is 17.6. The number of rotatable bonds is 6. The zero-order chi connectivity index (χ0) is 22.7. The van der Waals surface area contributed by atoms with Gasteiger partial charge in [0.05, 0.1) is 37.9 Å². The molecule has 9 heteroatoms. The fourth-order valence-corrected chi connectivity index (χ4v) is 5.65. The summed E-state index contributed by atoms with van der Waals surface area (Å²) >= 11 is 3.43. The third-order valence-corrected chi connectivity index (χ3v) is 7.21. The van der Waals surface area contributed by atoms with E-state index in [1.54, 1.807) is 22.7 Å². The van der Waals surface area contributed by atoms with Gasteiger partial charge >= 0.3 is 11.9 Å². The van der Waals surface area contributed by atoms with Crippen molar-refractivity contribution in [3.05, 3.63) is 73.6 Å². The minimum atomic E-state index is -0.606. The quantitative estimate of drug-likeness (QED) is 0.549. The first-order chi connectivity index (χ1) is 15.5. The number of hydrogen-bond donors (Lipinski definition) is 1. The number of carbonyl (C=O) groups is 3. The van der Waals surface area contributed by atoms with Crippen molar-refractivity contribution in [2.75, 3.05) is 32.6 Å². The lowest BCUT2D eigenvalue weighted by Gasteiger charge is -2.34. The summed E-state index contributed by atoms with van der Waals surface area (Å²) in [7, 11) is 2.51. The van der Waals surface area contributed by atoms with Gasteiger partial charge in [-0.2, -0.15) is 0 Å². The monoisotopic (exact) mass is 470 g/mol. The number of methoxy groups -OCH3 is 2. The molecular formula is C23H22N2O5S2. The highest BCUT2D eigenvalue weighted by Crippen LogP contribution is 2.39. The second kappa shape index (κ2) is 9.64. The van der Waals surface area contributed by atoms with E-state index >= 15 is 0 Å². The summed E-state index contributed by atoms with van der Waals surface area (Å²) in [5.74, 6) is -1.45. The molecule has 0 bridgehead atoms. The first-order valence-corrected chi connectivity index (χ1v) is 11.7. The molecule has 0 fully saturated rings. The minimum Gasteiger partial charge on any atom is -0.465 e. The Kier molecular flexibility index (Phi) is 6.69. The molecule has 3 aromatic rings. The molecule has 166 valence electrons. The van der Waals surface area contributed by atoms with Crippen LogP contribution in [0.25, 0.3) is 0 Å². The predicted molar refractivity (Wildman–Crippen MR) is 124 cm³/mol. The topological polar surface area (TPSA) is 84.9 Å². The lowest BCUT2D eigenvalue weighted by atomic mass is 9.98. The molecular weight excluding hydrogens is 448 g/mol. The predicted octanol–water partition coefficient (Wildman–Crippen LogP) is 3.97. The van der Waals surface area contributed by atoms with E-state index in [0.717, 1.165) is 13.0 Å². The second-order valence-electron chi connectivity index (χ2n) is 7.27. The molecule has 1 amide bonds. The van der Waals surface area contributed by atoms with Crippen molar-refractivity contribution in [3.63, 3.8) is 0 Å². The second-order valence-corrected chi connectivity index (χ2v) is 9.25. The van der Waals surface area contributed by atoms with Crippen LogP contribution in [0.15, 0.2) is 47.2 Å². The molecule has 4 rings (SSSR count). The van der Waals surface area contributed by atoms with Crippen LogP contribution in [0.5, 0.6) is 0 Å². The van der Waals surface area contributed by atoms with E-state index in [-0.39, 0.29) is 29.6 Å². The Labute approximate surface area is 193 Å². The van der Waals surface area contributed by atoms with E-state index in [0.29, 0.717) is 5.69 Å². The maximum absolute atomic E-state index is 13.0. The van der Waals surface area contributed by atoms with Crippen molar-refractivity contribution < 1.29 is 23.9 Å². The number of ether oxygens (including phenoxy) is 2. The summed E-state index contributed by atoms with van der Waals surface area (Å²) in [6, 6.07) is 10.6. The average Bonchev–Trinajstić information content (AvgIpc) is 3.49. The van der Waals surface area contributed by atoms with E-state index in [1.165, 1.54) is 47.7 Å². The Balaban J connectivity index is 1.55. The van der Waals surface area contributed by atoms with E-state index in [4.69, 9.17) is 9.47 Å². The van der Waals surface area contributed by atoms with Gasteiger partial charge in [0.15, 0.2) is 0 Å². The van der Waals surface area contributed by atoms with Gasteiger partial charge in [0.1, 0.15) is 0 Å². The van der Waals surface area contributed by atoms with Crippen molar-refractivity contribution in [1.29, 1.82) is 0 Å². The molecule has 7 nitrogen and oxygen atoms in total. The summed E-state index contributed by atoms with van der Waals surface area (Å²) in [5, 5.41) is 6.96. The largest absolute Gasteiger partial charge is 0.465 e. The molecule has 1 aromatic carbocycles. The summed E-state index contributed by atoms with van der Waals surface area (Å²) in [4.78, 5) is 41.7. The van der Waals surface area contributed by atoms with Crippen LogP contribution in [0.3, 0.4) is 0 Å². The number of nitrogens with zero attached hydrogens (tertiary/aromatic N) is 1. The number of amides is 1. The minimum absolute atomic E-state index is 0.0304. The Morgan fingerprint density at radius 1 is 1.03 bits per heavy atom. The summed E-state index contributed by atoms with van der Waals surface area (Å²) < 4.78 is 9.51. The maximum atomic E-state index is 13.0. The van der Waals surface area contributed by atoms with Gasteiger partial charge in [-0.15, -0.1) is 22.7 Å². The average molecular weight is 471 g/mol. The lowest BCUT2D eigenvalue weighted by Crippen LogP contribution is -2.40. The zero-order valence-corrected chi connectivity index (χ0v) is 19.3. The highest BCUT2D eigenvalue weighted by Gasteiger charge is 2.31. The number of esters is 2. The first kappa shape index (κ1) is 22.2. The fraction of sp³-hybridized carbons (Fsp3) is 0.261. The maximum Gasteiger partial charge on any atom is 0.337 e. The van der Waals surface area contributed by atoms with Crippen LogP contribution in [0.4, 0.5) is 5.69 Å². The Morgan fingerprint density at radius 2 is 1.75 bits per heavy atom. The molecule has 0 aliphatic carbocycles. The normalized spacial score (nSPS) is 15.6. The van der Waals surface area contributed by atoms with Gasteiger partial charge in [-0.3, -0.25) is 9.69 Å². The van der Waals surface area contributed by atoms with Crippen LogP contribution < -0.4 is 5.32 Å². The number of carbonyl (C=O) groups excluding carboxylic acids is 3.